The highest BCUT2D eigenvalue weighted by Gasteiger charge is 2.18. The van der Waals surface area contributed by atoms with Gasteiger partial charge in [-0.15, -0.1) is 10.2 Å². The lowest BCUT2D eigenvalue weighted by atomic mass is 10.1. The summed E-state index contributed by atoms with van der Waals surface area (Å²) >= 11 is 1.61. The minimum Gasteiger partial charge on any atom is -0.393 e. The van der Waals surface area contributed by atoms with E-state index >= 15 is 0 Å². The van der Waals surface area contributed by atoms with Crippen molar-refractivity contribution in [3.8, 4) is 0 Å². The Morgan fingerprint density at radius 1 is 1.44 bits per heavy atom. The molecule has 0 spiro atoms. The Balaban J connectivity index is 1.83. The first-order chi connectivity index (χ1) is 7.78. The summed E-state index contributed by atoms with van der Waals surface area (Å²) in [5.74, 6) is 0. The smallest absolute Gasteiger partial charge is 0.205 e. The van der Waals surface area contributed by atoms with E-state index in [4.69, 9.17) is 0 Å². The Bertz CT molecular complexity index is 322. The maximum Gasteiger partial charge on any atom is 0.205 e. The summed E-state index contributed by atoms with van der Waals surface area (Å²) in [5.41, 5.74) is 0. The van der Waals surface area contributed by atoms with Crippen molar-refractivity contribution in [2.24, 2.45) is 0 Å². The lowest BCUT2D eigenvalue weighted by molar-refractivity contribution is 0.0791. The molecule has 0 unspecified atom stereocenters. The molecular weight excluding hydrogens is 224 g/mol. The highest BCUT2D eigenvalue weighted by atomic mass is 32.1. The second kappa shape index (κ2) is 5.56. The quantitative estimate of drug-likeness (QED) is 0.822. The predicted molar refractivity (Wildman–Crippen MR) is 64.6 cm³/mol. The normalized spacial score (nSPS) is 18.9. The molecule has 0 bridgehead atoms. The molecular formula is C10H18N4OS. The van der Waals surface area contributed by atoms with E-state index in [1.165, 1.54) is 0 Å². The molecule has 90 valence electrons. The molecule has 16 heavy (non-hydrogen) atoms. The van der Waals surface area contributed by atoms with E-state index in [1.54, 1.807) is 11.3 Å². The SMILES string of the molecule is CCNc1nnc(CN2CCC(O)CC2)s1. The molecule has 0 aromatic carbocycles. The Morgan fingerprint density at radius 3 is 2.88 bits per heavy atom. The summed E-state index contributed by atoms with van der Waals surface area (Å²) in [6.45, 7) is 5.70. The number of aliphatic hydroxyl groups excluding tert-OH is 1. The molecule has 0 aliphatic carbocycles. The van der Waals surface area contributed by atoms with Crippen LogP contribution < -0.4 is 5.32 Å². The van der Waals surface area contributed by atoms with Gasteiger partial charge in [-0.3, -0.25) is 4.90 Å². The lowest BCUT2D eigenvalue weighted by Crippen LogP contribution is -2.35. The first-order valence-electron chi connectivity index (χ1n) is 5.74. The largest absolute Gasteiger partial charge is 0.393 e. The van der Waals surface area contributed by atoms with Gasteiger partial charge in [0.2, 0.25) is 5.13 Å². The van der Waals surface area contributed by atoms with E-state index in [-0.39, 0.29) is 6.10 Å². The van der Waals surface area contributed by atoms with E-state index in [0.29, 0.717) is 0 Å². The van der Waals surface area contributed by atoms with Crippen LogP contribution in [-0.2, 0) is 6.54 Å². The van der Waals surface area contributed by atoms with Gasteiger partial charge in [-0.2, -0.15) is 0 Å². The second-order valence-electron chi connectivity index (χ2n) is 4.04. The van der Waals surface area contributed by atoms with Crippen LogP contribution in [0.5, 0.6) is 0 Å². The van der Waals surface area contributed by atoms with Gasteiger partial charge in [0.25, 0.3) is 0 Å². The zero-order chi connectivity index (χ0) is 11.4. The van der Waals surface area contributed by atoms with Gasteiger partial charge >= 0.3 is 0 Å². The van der Waals surface area contributed by atoms with Crippen LogP contribution in [0.15, 0.2) is 0 Å². The number of nitrogens with one attached hydrogen (secondary N) is 1. The van der Waals surface area contributed by atoms with Gasteiger partial charge in [-0.05, 0) is 19.8 Å². The highest BCUT2D eigenvalue weighted by Crippen LogP contribution is 2.18. The van der Waals surface area contributed by atoms with Crippen molar-refractivity contribution in [1.82, 2.24) is 15.1 Å². The minimum absolute atomic E-state index is 0.108. The molecule has 0 radical (unpaired) electrons. The van der Waals surface area contributed by atoms with Crippen LogP contribution in [0.1, 0.15) is 24.8 Å². The highest BCUT2D eigenvalue weighted by molar-refractivity contribution is 7.15. The molecule has 1 aromatic rings. The topological polar surface area (TPSA) is 61.3 Å². The van der Waals surface area contributed by atoms with Crippen LogP contribution in [0.25, 0.3) is 0 Å². The number of rotatable bonds is 4. The number of aliphatic hydroxyl groups is 1. The van der Waals surface area contributed by atoms with Gasteiger partial charge in [0.05, 0.1) is 12.6 Å². The van der Waals surface area contributed by atoms with Crippen LogP contribution in [0.3, 0.4) is 0 Å². The van der Waals surface area contributed by atoms with Crippen molar-refractivity contribution in [2.45, 2.75) is 32.4 Å². The number of likely N-dealkylation sites (tertiary alicyclic amines) is 1. The zero-order valence-electron chi connectivity index (χ0n) is 9.52. The molecule has 1 aliphatic rings. The molecule has 1 fully saturated rings. The van der Waals surface area contributed by atoms with Crippen molar-refractivity contribution in [2.75, 3.05) is 25.0 Å². The van der Waals surface area contributed by atoms with Gasteiger partial charge in [0, 0.05) is 19.6 Å². The average Bonchev–Trinajstić information content (AvgIpc) is 2.70. The lowest BCUT2D eigenvalue weighted by Gasteiger charge is -2.28. The number of anilines is 1. The van der Waals surface area contributed by atoms with Crippen LogP contribution in [0, 0.1) is 0 Å². The summed E-state index contributed by atoms with van der Waals surface area (Å²) in [5, 5.41) is 22.7. The van der Waals surface area contributed by atoms with Gasteiger partial charge in [0.1, 0.15) is 5.01 Å². The molecule has 1 aliphatic heterocycles. The van der Waals surface area contributed by atoms with E-state index in [9.17, 15) is 5.11 Å². The van der Waals surface area contributed by atoms with E-state index < -0.39 is 0 Å². The number of hydrogen-bond acceptors (Lipinski definition) is 6. The van der Waals surface area contributed by atoms with E-state index in [1.807, 2.05) is 6.92 Å². The molecule has 0 saturated carbocycles. The molecule has 6 heteroatoms. The summed E-state index contributed by atoms with van der Waals surface area (Å²) in [4.78, 5) is 2.32. The van der Waals surface area contributed by atoms with Crippen molar-refractivity contribution in [3.63, 3.8) is 0 Å². The Labute approximate surface area is 99.5 Å². The predicted octanol–water partition coefficient (Wildman–Crippen LogP) is 0.927. The molecule has 2 rings (SSSR count). The van der Waals surface area contributed by atoms with E-state index in [0.717, 1.165) is 49.2 Å². The molecule has 2 heterocycles. The van der Waals surface area contributed by atoms with Gasteiger partial charge in [-0.25, -0.2) is 0 Å². The monoisotopic (exact) mass is 242 g/mol. The van der Waals surface area contributed by atoms with Gasteiger partial charge in [0.15, 0.2) is 0 Å². The van der Waals surface area contributed by atoms with Crippen molar-refractivity contribution < 1.29 is 5.11 Å². The first kappa shape index (κ1) is 11.8. The number of nitrogens with zero attached hydrogens (tertiary/aromatic N) is 3. The van der Waals surface area contributed by atoms with E-state index in [2.05, 4.69) is 20.4 Å². The fraction of sp³-hybridized carbons (Fsp3) is 0.800. The Hall–Kier alpha value is -0.720. The average molecular weight is 242 g/mol. The summed E-state index contributed by atoms with van der Waals surface area (Å²) in [6.07, 6.45) is 1.64. The minimum atomic E-state index is -0.108. The third-order valence-electron chi connectivity index (χ3n) is 2.71. The molecule has 5 nitrogen and oxygen atoms in total. The van der Waals surface area contributed by atoms with Crippen LogP contribution in [0.2, 0.25) is 0 Å². The fourth-order valence-electron chi connectivity index (χ4n) is 1.81. The maximum atomic E-state index is 9.41. The third kappa shape index (κ3) is 3.13. The van der Waals surface area contributed by atoms with Crippen molar-refractivity contribution in [3.05, 3.63) is 5.01 Å². The molecule has 0 atom stereocenters. The Morgan fingerprint density at radius 2 is 2.19 bits per heavy atom. The van der Waals surface area contributed by atoms with Crippen LogP contribution in [-0.4, -0.2) is 45.9 Å². The second-order valence-corrected chi connectivity index (χ2v) is 5.10. The Kier molecular flexibility index (Phi) is 4.09. The standard InChI is InChI=1S/C10H18N4OS/c1-2-11-10-13-12-9(16-10)7-14-5-3-8(15)4-6-14/h8,15H,2-7H2,1H3,(H,11,13). The zero-order valence-corrected chi connectivity index (χ0v) is 10.3. The third-order valence-corrected chi connectivity index (χ3v) is 3.58. The first-order valence-corrected chi connectivity index (χ1v) is 6.56. The summed E-state index contributed by atoms with van der Waals surface area (Å²) in [7, 11) is 0. The van der Waals surface area contributed by atoms with Crippen LogP contribution >= 0.6 is 11.3 Å². The number of aromatic nitrogens is 2. The number of piperidine rings is 1. The fourth-order valence-corrected chi connectivity index (χ4v) is 2.66. The summed E-state index contributed by atoms with van der Waals surface area (Å²) in [6, 6.07) is 0. The maximum absolute atomic E-state index is 9.41. The molecule has 0 amide bonds. The number of hydrogen-bond donors (Lipinski definition) is 2. The molecule has 1 saturated heterocycles. The summed E-state index contributed by atoms with van der Waals surface area (Å²) < 4.78 is 0. The molecule has 1 aromatic heterocycles. The molecule has 2 N–H and O–H groups in total. The van der Waals surface area contributed by atoms with Crippen molar-refractivity contribution >= 4 is 16.5 Å². The van der Waals surface area contributed by atoms with Crippen LogP contribution in [0.4, 0.5) is 5.13 Å². The van der Waals surface area contributed by atoms with Gasteiger partial charge in [-0.1, -0.05) is 11.3 Å². The van der Waals surface area contributed by atoms with Gasteiger partial charge < -0.3 is 10.4 Å². The van der Waals surface area contributed by atoms with Crippen molar-refractivity contribution in [1.29, 1.82) is 0 Å².